The number of hydrogen-bond acceptors (Lipinski definition) is 4. The van der Waals surface area contributed by atoms with E-state index in [9.17, 15) is 9.90 Å². The molecule has 0 amide bonds. The first-order chi connectivity index (χ1) is 14.2. The highest BCUT2D eigenvalue weighted by molar-refractivity contribution is 5.89. The Balaban J connectivity index is 1.35. The predicted molar refractivity (Wildman–Crippen MR) is 109 cm³/mol. The van der Waals surface area contributed by atoms with E-state index in [1.165, 1.54) is 0 Å². The molecule has 5 nitrogen and oxygen atoms in total. The van der Waals surface area contributed by atoms with Crippen LogP contribution in [0, 0.1) is 0 Å². The predicted octanol–water partition coefficient (Wildman–Crippen LogP) is 4.85. The van der Waals surface area contributed by atoms with Crippen LogP contribution in [0.25, 0.3) is 11.4 Å². The van der Waals surface area contributed by atoms with E-state index in [0.717, 1.165) is 53.7 Å². The first kappa shape index (κ1) is 17.9. The lowest BCUT2D eigenvalue weighted by Gasteiger charge is -2.09. The number of ether oxygens (including phenoxy) is 1. The largest absolute Gasteiger partial charge is 0.490 e. The third-order valence-electron chi connectivity index (χ3n) is 5.43. The van der Waals surface area contributed by atoms with E-state index in [1.807, 2.05) is 36.4 Å². The number of benzene rings is 2. The van der Waals surface area contributed by atoms with Crippen molar-refractivity contribution in [3.63, 3.8) is 0 Å². The molecule has 29 heavy (non-hydrogen) atoms. The summed E-state index contributed by atoms with van der Waals surface area (Å²) in [6.07, 6.45) is 8.95. The van der Waals surface area contributed by atoms with Crippen LogP contribution in [0.5, 0.6) is 5.75 Å². The monoisotopic (exact) mass is 386 g/mol. The minimum absolute atomic E-state index is 0.350. The molecule has 0 aliphatic heterocycles. The Labute approximate surface area is 169 Å². The second-order valence-electron chi connectivity index (χ2n) is 7.93. The average molecular weight is 386 g/mol. The molecule has 1 heterocycles. The number of nitrogens with zero attached hydrogens (tertiary/aromatic N) is 2. The fraction of sp³-hybridized carbons (Fsp3) is 0.292. The maximum absolute atomic E-state index is 11.7. The van der Waals surface area contributed by atoms with Crippen LogP contribution in [0.15, 0.2) is 54.9 Å². The summed E-state index contributed by atoms with van der Waals surface area (Å²) in [5.41, 5.74) is 4.10. The van der Waals surface area contributed by atoms with E-state index < -0.39 is 5.97 Å². The average Bonchev–Trinajstić information content (AvgIpc) is 3.64. The quantitative estimate of drug-likeness (QED) is 0.628. The van der Waals surface area contributed by atoms with Crippen molar-refractivity contribution < 1.29 is 14.6 Å². The van der Waals surface area contributed by atoms with Gasteiger partial charge in [0.05, 0.1) is 11.7 Å². The molecule has 5 rings (SSSR count). The molecule has 2 aromatic carbocycles. The highest BCUT2D eigenvalue weighted by Gasteiger charge is 2.25. The first-order valence-electron chi connectivity index (χ1n) is 10.1. The topological polar surface area (TPSA) is 72.3 Å². The first-order valence-corrected chi connectivity index (χ1v) is 10.1. The molecule has 5 heteroatoms. The molecular formula is C24H22N2O3. The van der Waals surface area contributed by atoms with Crippen LogP contribution >= 0.6 is 0 Å². The number of carbonyl (C=O) groups is 1. The van der Waals surface area contributed by atoms with Crippen LogP contribution < -0.4 is 4.74 Å². The normalized spacial score (nSPS) is 15.9. The number of aromatic carboxylic acids is 1. The van der Waals surface area contributed by atoms with E-state index in [4.69, 9.17) is 4.74 Å². The minimum atomic E-state index is -0.882. The van der Waals surface area contributed by atoms with E-state index in [-0.39, 0.29) is 0 Å². The number of aromatic nitrogens is 2. The second kappa shape index (κ2) is 7.32. The third-order valence-corrected chi connectivity index (χ3v) is 5.43. The Morgan fingerprint density at radius 3 is 2.52 bits per heavy atom. The maximum Gasteiger partial charge on any atom is 0.335 e. The molecule has 0 unspecified atom stereocenters. The van der Waals surface area contributed by atoms with Gasteiger partial charge >= 0.3 is 5.97 Å². The summed E-state index contributed by atoms with van der Waals surface area (Å²) in [7, 11) is 0. The van der Waals surface area contributed by atoms with Gasteiger partial charge in [-0.05, 0) is 66.5 Å². The Hall–Kier alpha value is -3.21. The highest BCUT2D eigenvalue weighted by atomic mass is 16.5. The zero-order valence-corrected chi connectivity index (χ0v) is 16.0. The van der Waals surface area contributed by atoms with Crippen molar-refractivity contribution in [2.75, 3.05) is 0 Å². The van der Waals surface area contributed by atoms with Crippen LogP contribution in [0.4, 0.5) is 0 Å². The highest BCUT2D eigenvalue weighted by Crippen LogP contribution is 2.40. The minimum Gasteiger partial charge on any atom is -0.490 e. The molecule has 0 spiro atoms. The lowest BCUT2D eigenvalue weighted by atomic mass is 9.97. The molecule has 2 aliphatic carbocycles. The molecule has 2 saturated carbocycles. The maximum atomic E-state index is 11.7. The number of hydrogen-bond donors (Lipinski definition) is 1. The van der Waals surface area contributed by atoms with Crippen molar-refractivity contribution in [2.45, 2.75) is 44.1 Å². The summed E-state index contributed by atoms with van der Waals surface area (Å²) in [5.74, 6) is 1.13. The summed E-state index contributed by atoms with van der Waals surface area (Å²) in [6.45, 7) is 0. The van der Waals surface area contributed by atoms with Crippen molar-refractivity contribution in [3.8, 4) is 17.1 Å². The fourth-order valence-corrected chi connectivity index (χ4v) is 3.52. The van der Waals surface area contributed by atoms with Crippen LogP contribution in [-0.4, -0.2) is 27.1 Å². The van der Waals surface area contributed by atoms with Crippen molar-refractivity contribution in [1.82, 2.24) is 9.97 Å². The van der Waals surface area contributed by atoms with E-state index >= 15 is 0 Å². The fourth-order valence-electron chi connectivity index (χ4n) is 3.52. The summed E-state index contributed by atoms with van der Waals surface area (Å²) < 4.78 is 5.85. The van der Waals surface area contributed by atoms with Gasteiger partial charge in [-0.2, -0.15) is 0 Å². The summed E-state index contributed by atoms with van der Waals surface area (Å²) in [4.78, 5) is 20.7. The van der Waals surface area contributed by atoms with Gasteiger partial charge in [-0.25, -0.2) is 14.8 Å². The molecule has 0 radical (unpaired) electrons. The molecular weight excluding hydrogens is 364 g/mol. The van der Waals surface area contributed by atoms with Crippen molar-refractivity contribution in [2.24, 2.45) is 0 Å². The molecule has 1 N–H and O–H groups in total. The van der Waals surface area contributed by atoms with Gasteiger partial charge in [0, 0.05) is 24.4 Å². The molecule has 146 valence electrons. The Bertz CT molecular complexity index is 1050. The van der Waals surface area contributed by atoms with Crippen LogP contribution in [-0.2, 0) is 6.42 Å². The summed E-state index contributed by atoms with van der Waals surface area (Å²) in [6, 6.07) is 13.7. The lowest BCUT2D eigenvalue weighted by molar-refractivity contribution is 0.0695. The summed E-state index contributed by atoms with van der Waals surface area (Å²) in [5, 5.41) is 9.61. The zero-order valence-electron chi connectivity index (χ0n) is 16.0. The van der Waals surface area contributed by atoms with Gasteiger partial charge in [0.2, 0.25) is 0 Å². The van der Waals surface area contributed by atoms with Crippen LogP contribution in [0.3, 0.4) is 0 Å². The molecule has 2 fully saturated rings. The van der Waals surface area contributed by atoms with Crippen molar-refractivity contribution in [3.05, 3.63) is 77.1 Å². The van der Waals surface area contributed by atoms with E-state index in [1.54, 1.807) is 12.4 Å². The lowest BCUT2D eigenvalue weighted by Crippen LogP contribution is -2.05. The standard InChI is InChI=1S/C24H22N2O3/c27-24(28)22-12-17(16-4-5-16)6-7-18(22)10-15-13-25-23(26-14-15)19-2-1-3-21(11-19)29-20-8-9-20/h1-3,6-7,11-14,16,20H,4-5,8-10H2,(H,27,28). The van der Waals surface area contributed by atoms with Gasteiger partial charge in [0.1, 0.15) is 5.75 Å². The van der Waals surface area contributed by atoms with Gasteiger partial charge in [-0.3, -0.25) is 0 Å². The van der Waals surface area contributed by atoms with Gasteiger partial charge in [-0.15, -0.1) is 0 Å². The smallest absolute Gasteiger partial charge is 0.335 e. The van der Waals surface area contributed by atoms with Gasteiger partial charge in [-0.1, -0.05) is 24.3 Å². The van der Waals surface area contributed by atoms with Crippen molar-refractivity contribution in [1.29, 1.82) is 0 Å². The van der Waals surface area contributed by atoms with Crippen LogP contribution in [0.2, 0.25) is 0 Å². The molecule has 0 bridgehead atoms. The van der Waals surface area contributed by atoms with Gasteiger partial charge in [0.15, 0.2) is 5.82 Å². The molecule has 0 saturated heterocycles. The third kappa shape index (κ3) is 4.14. The molecule has 1 aromatic heterocycles. The molecule has 0 atom stereocenters. The Morgan fingerprint density at radius 2 is 1.83 bits per heavy atom. The number of rotatable bonds is 7. The van der Waals surface area contributed by atoms with Crippen molar-refractivity contribution >= 4 is 5.97 Å². The SMILES string of the molecule is O=C(O)c1cc(C2CC2)ccc1Cc1cnc(-c2cccc(OC3CC3)c2)nc1. The van der Waals surface area contributed by atoms with Gasteiger partial charge < -0.3 is 9.84 Å². The molecule has 2 aliphatic rings. The summed E-state index contributed by atoms with van der Waals surface area (Å²) >= 11 is 0. The Morgan fingerprint density at radius 1 is 1.03 bits per heavy atom. The number of carboxylic acid groups (broad SMARTS) is 1. The van der Waals surface area contributed by atoms with Crippen LogP contribution in [0.1, 0.15) is 58.6 Å². The molecule has 3 aromatic rings. The van der Waals surface area contributed by atoms with E-state index in [0.29, 0.717) is 29.8 Å². The Kier molecular flexibility index (Phi) is 4.51. The van der Waals surface area contributed by atoms with Gasteiger partial charge in [0.25, 0.3) is 0 Å². The van der Waals surface area contributed by atoms with E-state index in [2.05, 4.69) is 16.0 Å². The second-order valence-corrected chi connectivity index (χ2v) is 7.93. The number of carboxylic acids is 1. The zero-order chi connectivity index (χ0) is 19.8.